The first-order valence-electron chi connectivity index (χ1n) is 5.62. The van der Waals surface area contributed by atoms with Crippen LogP contribution in [0.3, 0.4) is 0 Å². The van der Waals surface area contributed by atoms with Crippen LogP contribution in [0.5, 0.6) is 0 Å². The fourth-order valence-electron chi connectivity index (χ4n) is 1.59. The van der Waals surface area contributed by atoms with Gasteiger partial charge in [-0.15, -0.1) is 11.3 Å². The fourth-order valence-corrected chi connectivity index (χ4v) is 2.81. The van der Waals surface area contributed by atoms with Gasteiger partial charge in [0.1, 0.15) is 0 Å². The summed E-state index contributed by atoms with van der Waals surface area (Å²) in [6.45, 7) is 4.78. The first kappa shape index (κ1) is 13.2. The topological polar surface area (TPSA) is 34.9 Å². The van der Waals surface area contributed by atoms with Crippen molar-refractivity contribution in [1.82, 2.24) is 9.78 Å². The Labute approximate surface area is 118 Å². The molecule has 0 aliphatic carbocycles. The second kappa shape index (κ2) is 5.63. The third kappa shape index (κ3) is 2.79. The average Bonchev–Trinajstić information content (AvgIpc) is 2.93. The SMILES string of the molecule is CCn1ncc(Br)c1/C=C/C(=O)c1ccc(C)s1. The number of allylic oxidation sites excluding steroid dienone is 1. The zero-order valence-electron chi connectivity index (χ0n) is 10.2. The van der Waals surface area contributed by atoms with Crippen molar-refractivity contribution in [2.24, 2.45) is 0 Å². The molecule has 0 radical (unpaired) electrons. The van der Waals surface area contributed by atoms with Crippen LogP contribution in [0.15, 0.2) is 28.9 Å². The number of carbonyl (C=O) groups excluding carboxylic acids is 1. The fraction of sp³-hybridized carbons (Fsp3) is 0.231. The summed E-state index contributed by atoms with van der Waals surface area (Å²) >= 11 is 4.94. The Morgan fingerprint density at radius 1 is 1.56 bits per heavy atom. The molecular weight excluding hydrogens is 312 g/mol. The number of nitrogens with zero attached hydrogens (tertiary/aromatic N) is 2. The minimum absolute atomic E-state index is 0.0313. The van der Waals surface area contributed by atoms with E-state index >= 15 is 0 Å². The monoisotopic (exact) mass is 324 g/mol. The third-order valence-electron chi connectivity index (χ3n) is 2.51. The van der Waals surface area contributed by atoms with Crippen molar-refractivity contribution < 1.29 is 4.79 Å². The highest BCUT2D eigenvalue weighted by Gasteiger charge is 2.07. The Hall–Kier alpha value is -1.20. The Kier molecular flexibility index (Phi) is 4.14. The average molecular weight is 325 g/mol. The summed E-state index contributed by atoms with van der Waals surface area (Å²) in [5, 5.41) is 4.20. The minimum atomic E-state index is 0.0313. The van der Waals surface area contributed by atoms with Crippen molar-refractivity contribution in [3.63, 3.8) is 0 Å². The van der Waals surface area contributed by atoms with E-state index in [4.69, 9.17) is 0 Å². The smallest absolute Gasteiger partial charge is 0.195 e. The van der Waals surface area contributed by atoms with Crippen LogP contribution in [-0.4, -0.2) is 15.6 Å². The van der Waals surface area contributed by atoms with E-state index in [1.165, 1.54) is 11.3 Å². The molecule has 0 aliphatic heterocycles. The largest absolute Gasteiger partial charge is 0.288 e. The number of ketones is 1. The van der Waals surface area contributed by atoms with E-state index in [1.54, 1.807) is 18.3 Å². The molecule has 0 saturated heterocycles. The van der Waals surface area contributed by atoms with E-state index in [0.717, 1.165) is 26.5 Å². The van der Waals surface area contributed by atoms with Gasteiger partial charge < -0.3 is 0 Å². The summed E-state index contributed by atoms with van der Waals surface area (Å²) in [5.41, 5.74) is 0.916. The molecular formula is C13H13BrN2OS. The molecule has 5 heteroatoms. The van der Waals surface area contributed by atoms with E-state index in [1.807, 2.05) is 30.7 Å². The van der Waals surface area contributed by atoms with Crippen molar-refractivity contribution in [2.75, 3.05) is 0 Å². The first-order valence-corrected chi connectivity index (χ1v) is 7.23. The number of halogens is 1. The van der Waals surface area contributed by atoms with Gasteiger partial charge in [0.25, 0.3) is 0 Å². The standard InChI is InChI=1S/C13H13BrN2OS/c1-3-16-11(10(14)8-15-16)5-6-12(17)13-7-4-9(2)18-13/h4-8H,3H2,1-2H3/b6-5+. The van der Waals surface area contributed by atoms with Crippen molar-refractivity contribution in [3.8, 4) is 0 Å². The molecule has 0 fully saturated rings. The van der Waals surface area contributed by atoms with E-state index < -0.39 is 0 Å². The third-order valence-corrected chi connectivity index (χ3v) is 4.13. The summed E-state index contributed by atoms with van der Waals surface area (Å²) < 4.78 is 2.74. The van der Waals surface area contributed by atoms with Crippen molar-refractivity contribution in [3.05, 3.63) is 44.3 Å². The van der Waals surface area contributed by atoms with Gasteiger partial charge in [0, 0.05) is 11.4 Å². The van der Waals surface area contributed by atoms with Crippen LogP contribution in [0.25, 0.3) is 6.08 Å². The molecule has 2 heterocycles. The number of rotatable bonds is 4. The van der Waals surface area contributed by atoms with Crippen molar-refractivity contribution in [1.29, 1.82) is 0 Å². The highest BCUT2D eigenvalue weighted by Crippen LogP contribution is 2.19. The van der Waals surface area contributed by atoms with E-state index in [9.17, 15) is 4.79 Å². The molecule has 0 saturated carbocycles. The van der Waals surface area contributed by atoms with Crippen LogP contribution >= 0.6 is 27.3 Å². The summed E-state index contributed by atoms with van der Waals surface area (Å²) in [6, 6.07) is 3.82. The molecule has 2 aromatic rings. The second-order valence-electron chi connectivity index (χ2n) is 3.80. The maximum Gasteiger partial charge on any atom is 0.195 e. The lowest BCUT2D eigenvalue weighted by Crippen LogP contribution is -1.99. The van der Waals surface area contributed by atoms with Crippen molar-refractivity contribution >= 4 is 39.1 Å². The van der Waals surface area contributed by atoms with Gasteiger partial charge in [-0.1, -0.05) is 0 Å². The van der Waals surface area contributed by atoms with Crippen LogP contribution < -0.4 is 0 Å². The Morgan fingerprint density at radius 3 is 2.94 bits per heavy atom. The van der Waals surface area contributed by atoms with Crippen LogP contribution in [0.4, 0.5) is 0 Å². The van der Waals surface area contributed by atoms with E-state index in [-0.39, 0.29) is 5.78 Å². The Morgan fingerprint density at radius 2 is 2.33 bits per heavy atom. The molecule has 2 rings (SSSR count). The van der Waals surface area contributed by atoms with Gasteiger partial charge in [-0.3, -0.25) is 9.48 Å². The minimum Gasteiger partial charge on any atom is -0.288 e. The first-order chi connectivity index (χ1) is 8.61. The summed E-state index contributed by atoms with van der Waals surface area (Å²) in [4.78, 5) is 13.9. The highest BCUT2D eigenvalue weighted by atomic mass is 79.9. The Bertz CT molecular complexity index is 598. The Balaban J connectivity index is 2.20. The number of hydrogen-bond donors (Lipinski definition) is 0. The zero-order valence-corrected chi connectivity index (χ0v) is 12.6. The molecule has 0 spiro atoms. The predicted molar refractivity (Wildman–Crippen MR) is 78.0 cm³/mol. The summed E-state index contributed by atoms with van der Waals surface area (Å²) in [6.07, 6.45) is 5.14. The summed E-state index contributed by atoms with van der Waals surface area (Å²) in [7, 11) is 0. The maximum absolute atomic E-state index is 11.9. The summed E-state index contributed by atoms with van der Waals surface area (Å²) in [5.74, 6) is 0.0313. The molecule has 0 N–H and O–H groups in total. The van der Waals surface area contributed by atoms with Gasteiger partial charge in [0.2, 0.25) is 0 Å². The number of aryl methyl sites for hydroxylation is 2. The number of hydrogen-bond acceptors (Lipinski definition) is 3. The van der Waals surface area contributed by atoms with Gasteiger partial charge in [0.15, 0.2) is 5.78 Å². The quantitative estimate of drug-likeness (QED) is 0.630. The van der Waals surface area contributed by atoms with Crippen LogP contribution in [0, 0.1) is 6.92 Å². The highest BCUT2D eigenvalue weighted by molar-refractivity contribution is 9.10. The van der Waals surface area contributed by atoms with Crippen LogP contribution in [0.1, 0.15) is 27.2 Å². The lowest BCUT2D eigenvalue weighted by molar-refractivity contribution is 0.105. The van der Waals surface area contributed by atoms with E-state index in [0.29, 0.717) is 0 Å². The molecule has 3 nitrogen and oxygen atoms in total. The molecule has 0 atom stereocenters. The van der Waals surface area contributed by atoms with Gasteiger partial charge in [0.05, 0.1) is 21.2 Å². The molecule has 2 aromatic heterocycles. The van der Waals surface area contributed by atoms with Crippen LogP contribution in [0.2, 0.25) is 0 Å². The van der Waals surface area contributed by atoms with E-state index in [2.05, 4.69) is 21.0 Å². The normalized spacial score (nSPS) is 11.3. The molecule has 0 aliphatic rings. The number of aromatic nitrogens is 2. The second-order valence-corrected chi connectivity index (χ2v) is 5.94. The zero-order chi connectivity index (χ0) is 13.1. The molecule has 0 aromatic carbocycles. The molecule has 94 valence electrons. The maximum atomic E-state index is 11.9. The lowest BCUT2D eigenvalue weighted by Gasteiger charge is -1.99. The molecule has 0 bridgehead atoms. The predicted octanol–water partition coefficient (Wildman–Crippen LogP) is 3.93. The van der Waals surface area contributed by atoms with Gasteiger partial charge >= 0.3 is 0 Å². The lowest BCUT2D eigenvalue weighted by atomic mass is 10.2. The van der Waals surface area contributed by atoms with Crippen LogP contribution in [-0.2, 0) is 6.54 Å². The molecule has 18 heavy (non-hydrogen) atoms. The van der Waals surface area contributed by atoms with Crippen molar-refractivity contribution in [2.45, 2.75) is 20.4 Å². The number of thiophene rings is 1. The van der Waals surface area contributed by atoms with Gasteiger partial charge in [-0.05, 0) is 54.1 Å². The van der Waals surface area contributed by atoms with Gasteiger partial charge in [-0.2, -0.15) is 5.10 Å². The molecule has 0 amide bonds. The van der Waals surface area contributed by atoms with Gasteiger partial charge in [-0.25, -0.2) is 0 Å². The number of carbonyl (C=O) groups is 1. The molecule has 0 unspecified atom stereocenters.